The number of nitrogens with one attached hydrogen (secondary N) is 1. The number of carbonyl (C=O) groups is 3. The van der Waals surface area contributed by atoms with E-state index in [9.17, 15) is 14.4 Å². The molecule has 3 rings (SSSR count). The van der Waals surface area contributed by atoms with Crippen molar-refractivity contribution >= 4 is 17.7 Å². The van der Waals surface area contributed by atoms with Crippen LogP contribution < -0.4 is 5.32 Å². The fourth-order valence-electron chi connectivity index (χ4n) is 2.88. The Kier molecular flexibility index (Phi) is 7.16. The van der Waals surface area contributed by atoms with Gasteiger partial charge in [0.25, 0.3) is 5.91 Å². The summed E-state index contributed by atoms with van der Waals surface area (Å²) >= 11 is 0. The van der Waals surface area contributed by atoms with E-state index in [4.69, 9.17) is 9.15 Å². The molecule has 2 aromatic carbocycles. The van der Waals surface area contributed by atoms with Gasteiger partial charge in [0.05, 0.1) is 19.2 Å². The molecule has 1 N–H and O–H groups in total. The van der Waals surface area contributed by atoms with Crippen LogP contribution in [0.25, 0.3) is 11.1 Å². The summed E-state index contributed by atoms with van der Waals surface area (Å²) < 4.78 is 10.2. The van der Waals surface area contributed by atoms with Crippen molar-refractivity contribution in [2.45, 2.75) is 32.4 Å². The number of furan rings is 1. The Bertz CT molecular complexity index is 978. The number of Topliss-reactive ketones (excluding diaryl/α,β-unsaturated/α-hetero) is 1. The molecule has 0 aliphatic rings. The average Bonchev–Trinajstić information content (AvgIpc) is 3.30. The molecule has 0 saturated heterocycles. The van der Waals surface area contributed by atoms with E-state index in [0.717, 1.165) is 11.1 Å². The van der Waals surface area contributed by atoms with Gasteiger partial charge < -0.3 is 14.5 Å². The first kappa shape index (κ1) is 21.0. The molecule has 0 radical (unpaired) electrons. The normalized spacial score (nSPS) is 11.5. The molecule has 1 amide bonds. The van der Waals surface area contributed by atoms with E-state index in [2.05, 4.69) is 5.32 Å². The highest BCUT2D eigenvalue weighted by Crippen LogP contribution is 2.20. The molecule has 1 atom stereocenters. The van der Waals surface area contributed by atoms with Gasteiger partial charge in [-0.1, -0.05) is 54.6 Å². The Morgan fingerprint density at radius 2 is 1.60 bits per heavy atom. The third-order valence-electron chi connectivity index (χ3n) is 4.56. The van der Waals surface area contributed by atoms with E-state index in [0.29, 0.717) is 11.3 Å². The summed E-state index contributed by atoms with van der Waals surface area (Å²) in [6.07, 6.45) is 0.490. The lowest BCUT2D eigenvalue weighted by molar-refractivity contribution is -0.154. The smallest absolute Gasteiger partial charge is 0.307 e. The van der Waals surface area contributed by atoms with Crippen LogP contribution in [0, 0.1) is 0 Å². The fourth-order valence-corrected chi connectivity index (χ4v) is 2.88. The minimum absolute atomic E-state index is 0.0181. The lowest BCUT2D eigenvalue weighted by Gasteiger charge is -2.13. The second kappa shape index (κ2) is 10.2. The van der Waals surface area contributed by atoms with Gasteiger partial charge in [-0.25, -0.2) is 0 Å². The standard InChI is InChI=1S/C24H23NO5/c1-17(24(28)25-16-21-8-5-15-29-21)30-23(27)14-13-22(26)20-11-9-19(10-12-20)18-6-3-2-4-7-18/h2-12,15,17H,13-14,16H2,1H3,(H,25,28)/t17-/m1/s1. The minimum atomic E-state index is -0.951. The Balaban J connectivity index is 1.43. The molecule has 6 heteroatoms. The zero-order chi connectivity index (χ0) is 21.3. The Morgan fingerprint density at radius 1 is 0.900 bits per heavy atom. The predicted octanol–water partition coefficient (Wildman–Crippen LogP) is 4.16. The Labute approximate surface area is 174 Å². The van der Waals surface area contributed by atoms with Crippen molar-refractivity contribution in [3.8, 4) is 11.1 Å². The summed E-state index contributed by atoms with van der Waals surface area (Å²) in [6.45, 7) is 1.70. The Hall–Kier alpha value is -3.67. The van der Waals surface area contributed by atoms with Gasteiger partial charge >= 0.3 is 5.97 Å². The lowest BCUT2D eigenvalue weighted by Crippen LogP contribution is -2.35. The molecule has 6 nitrogen and oxygen atoms in total. The van der Waals surface area contributed by atoms with Crippen molar-refractivity contribution in [2.75, 3.05) is 0 Å². The van der Waals surface area contributed by atoms with Gasteiger partial charge in [0.1, 0.15) is 5.76 Å². The Morgan fingerprint density at radius 3 is 2.27 bits per heavy atom. The number of amides is 1. The van der Waals surface area contributed by atoms with Crippen LogP contribution in [-0.4, -0.2) is 23.8 Å². The van der Waals surface area contributed by atoms with Crippen LogP contribution in [0.3, 0.4) is 0 Å². The second-order valence-corrected chi connectivity index (χ2v) is 6.80. The lowest BCUT2D eigenvalue weighted by atomic mass is 10.0. The second-order valence-electron chi connectivity index (χ2n) is 6.80. The minimum Gasteiger partial charge on any atom is -0.467 e. The molecule has 1 aromatic heterocycles. The number of ketones is 1. The number of hydrogen-bond acceptors (Lipinski definition) is 5. The van der Waals surface area contributed by atoms with Crippen LogP contribution >= 0.6 is 0 Å². The molecule has 1 heterocycles. The summed E-state index contributed by atoms with van der Waals surface area (Å²) in [5, 5.41) is 2.62. The molecule has 0 spiro atoms. The highest BCUT2D eigenvalue weighted by Gasteiger charge is 2.19. The number of benzene rings is 2. The van der Waals surface area contributed by atoms with Crippen LogP contribution in [0.2, 0.25) is 0 Å². The number of ether oxygens (including phenoxy) is 1. The van der Waals surface area contributed by atoms with Gasteiger partial charge in [-0.15, -0.1) is 0 Å². The summed E-state index contributed by atoms with van der Waals surface area (Å²) in [5.74, 6) is -0.570. The summed E-state index contributed by atoms with van der Waals surface area (Å²) in [5.41, 5.74) is 2.62. The summed E-state index contributed by atoms with van der Waals surface area (Å²) in [7, 11) is 0. The number of rotatable bonds is 9. The van der Waals surface area contributed by atoms with Crippen molar-refractivity contribution in [3.05, 3.63) is 84.3 Å². The molecular weight excluding hydrogens is 382 g/mol. The van der Waals surface area contributed by atoms with Crippen LogP contribution in [0.1, 0.15) is 35.9 Å². The molecule has 0 saturated carbocycles. The average molecular weight is 405 g/mol. The highest BCUT2D eigenvalue weighted by atomic mass is 16.5. The zero-order valence-corrected chi connectivity index (χ0v) is 16.7. The number of hydrogen-bond donors (Lipinski definition) is 1. The number of esters is 1. The third kappa shape index (κ3) is 5.91. The maximum absolute atomic E-state index is 12.4. The van der Waals surface area contributed by atoms with Crippen molar-refractivity contribution < 1.29 is 23.5 Å². The largest absolute Gasteiger partial charge is 0.467 e. The van der Waals surface area contributed by atoms with Crippen molar-refractivity contribution in [1.29, 1.82) is 0 Å². The van der Waals surface area contributed by atoms with Gasteiger partial charge in [0.2, 0.25) is 0 Å². The quantitative estimate of drug-likeness (QED) is 0.427. The topological polar surface area (TPSA) is 85.6 Å². The van der Waals surface area contributed by atoms with E-state index >= 15 is 0 Å². The van der Waals surface area contributed by atoms with E-state index < -0.39 is 18.0 Å². The predicted molar refractivity (Wildman–Crippen MR) is 112 cm³/mol. The molecule has 0 bridgehead atoms. The van der Waals surface area contributed by atoms with Gasteiger partial charge in [-0.3, -0.25) is 14.4 Å². The van der Waals surface area contributed by atoms with Crippen LogP contribution in [0.15, 0.2) is 77.4 Å². The molecule has 0 unspecified atom stereocenters. The van der Waals surface area contributed by atoms with Gasteiger partial charge in [-0.2, -0.15) is 0 Å². The molecule has 30 heavy (non-hydrogen) atoms. The van der Waals surface area contributed by atoms with Crippen LogP contribution in [0.4, 0.5) is 0 Å². The van der Waals surface area contributed by atoms with Gasteiger partial charge in [0.15, 0.2) is 11.9 Å². The first-order valence-electron chi connectivity index (χ1n) is 9.71. The van der Waals surface area contributed by atoms with E-state index in [1.165, 1.54) is 13.2 Å². The van der Waals surface area contributed by atoms with Crippen molar-refractivity contribution in [3.63, 3.8) is 0 Å². The molecule has 154 valence electrons. The first-order valence-corrected chi connectivity index (χ1v) is 9.71. The maximum atomic E-state index is 12.4. The van der Waals surface area contributed by atoms with E-state index in [1.807, 2.05) is 42.5 Å². The van der Waals surface area contributed by atoms with Gasteiger partial charge in [0, 0.05) is 12.0 Å². The fraction of sp³-hybridized carbons (Fsp3) is 0.208. The highest BCUT2D eigenvalue weighted by molar-refractivity contribution is 5.98. The van der Waals surface area contributed by atoms with Crippen molar-refractivity contribution in [1.82, 2.24) is 5.32 Å². The first-order chi connectivity index (χ1) is 14.5. The van der Waals surface area contributed by atoms with E-state index in [-0.39, 0.29) is 25.2 Å². The molecule has 3 aromatic rings. The van der Waals surface area contributed by atoms with Crippen molar-refractivity contribution in [2.24, 2.45) is 0 Å². The molecular formula is C24H23NO5. The maximum Gasteiger partial charge on any atom is 0.307 e. The van der Waals surface area contributed by atoms with Gasteiger partial charge in [-0.05, 0) is 30.2 Å². The number of carbonyl (C=O) groups excluding carboxylic acids is 3. The SMILES string of the molecule is C[C@@H](OC(=O)CCC(=O)c1ccc(-c2ccccc2)cc1)C(=O)NCc1ccco1. The summed E-state index contributed by atoms with van der Waals surface area (Å²) in [4.78, 5) is 36.3. The monoisotopic (exact) mass is 405 g/mol. The van der Waals surface area contributed by atoms with E-state index in [1.54, 1.807) is 24.3 Å². The van der Waals surface area contributed by atoms with Crippen LogP contribution in [-0.2, 0) is 20.9 Å². The summed E-state index contributed by atoms with van der Waals surface area (Å²) in [6, 6.07) is 20.6. The third-order valence-corrected chi connectivity index (χ3v) is 4.56. The molecule has 0 aliphatic carbocycles. The molecule has 0 aliphatic heterocycles. The zero-order valence-electron chi connectivity index (χ0n) is 16.7. The van der Waals surface area contributed by atoms with Crippen LogP contribution in [0.5, 0.6) is 0 Å². The molecule has 0 fully saturated rings.